The molecule has 2 N–H and O–H groups in total. The van der Waals surface area contributed by atoms with Crippen molar-refractivity contribution in [1.82, 2.24) is 4.90 Å². The van der Waals surface area contributed by atoms with Gasteiger partial charge in [-0.05, 0) is 56.2 Å². The van der Waals surface area contributed by atoms with Crippen LogP contribution < -0.4 is 5.73 Å². The summed E-state index contributed by atoms with van der Waals surface area (Å²) in [6.45, 7) is 2.33. The van der Waals surface area contributed by atoms with Gasteiger partial charge in [0.05, 0.1) is 0 Å². The number of hydrogen-bond donors (Lipinski definition) is 1. The van der Waals surface area contributed by atoms with Crippen molar-refractivity contribution in [3.05, 3.63) is 35.4 Å². The Bertz CT molecular complexity index is 448. The van der Waals surface area contributed by atoms with E-state index in [2.05, 4.69) is 43.1 Å². The number of nitrogens with two attached hydrogens (primary N) is 1. The molecule has 2 nitrogen and oxygen atoms in total. The lowest BCUT2D eigenvalue weighted by atomic mass is 9.83. The summed E-state index contributed by atoms with van der Waals surface area (Å²) >= 11 is 0. The zero-order valence-electron chi connectivity index (χ0n) is 12.9. The minimum absolute atomic E-state index is 0.195. The molecular weight excluding hydrogens is 244 g/mol. The highest BCUT2D eigenvalue weighted by Crippen LogP contribution is 2.36. The Morgan fingerprint density at radius 1 is 1.15 bits per heavy atom. The van der Waals surface area contributed by atoms with Gasteiger partial charge in [-0.25, -0.2) is 0 Å². The minimum Gasteiger partial charge on any atom is -0.323 e. The van der Waals surface area contributed by atoms with E-state index >= 15 is 0 Å². The topological polar surface area (TPSA) is 29.3 Å². The number of hydrogen-bond acceptors (Lipinski definition) is 2. The molecule has 1 aromatic rings. The van der Waals surface area contributed by atoms with Crippen molar-refractivity contribution in [2.45, 2.75) is 63.6 Å². The van der Waals surface area contributed by atoms with E-state index in [1.807, 2.05) is 0 Å². The molecule has 2 aliphatic rings. The van der Waals surface area contributed by atoms with E-state index in [9.17, 15) is 0 Å². The normalized spacial score (nSPS) is 33.4. The van der Waals surface area contributed by atoms with Crippen LogP contribution in [0.5, 0.6) is 0 Å². The zero-order valence-corrected chi connectivity index (χ0v) is 12.9. The second-order valence-electron chi connectivity index (χ2n) is 6.74. The van der Waals surface area contributed by atoms with Crippen molar-refractivity contribution in [1.29, 1.82) is 0 Å². The Hall–Kier alpha value is -0.860. The molecule has 0 saturated heterocycles. The van der Waals surface area contributed by atoms with Crippen LogP contribution in [0.1, 0.15) is 56.2 Å². The molecule has 1 aromatic carbocycles. The first kappa shape index (κ1) is 14.1. The van der Waals surface area contributed by atoms with Gasteiger partial charge < -0.3 is 5.73 Å². The monoisotopic (exact) mass is 272 g/mol. The van der Waals surface area contributed by atoms with Crippen molar-refractivity contribution in [3.63, 3.8) is 0 Å². The molecule has 20 heavy (non-hydrogen) atoms. The summed E-state index contributed by atoms with van der Waals surface area (Å²) in [6, 6.07) is 10.1. The van der Waals surface area contributed by atoms with Gasteiger partial charge in [0.15, 0.2) is 0 Å². The number of nitrogens with zero attached hydrogens (tertiary/aromatic N) is 1. The van der Waals surface area contributed by atoms with E-state index in [0.29, 0.717) is 6.04 Å². The molecule has 0 amide bonds. The third-order valence-corrected chi connectivity index (χ3v) is 5.75. The summed E-state index contributed by atoms with van der Waals surface area (Å²) in [7, 11) is 2.30. The van der Waals surface area contributed by atoms with E-state index in [4.69, 9.17) is 5.73 Å². The van der Waals surface area contributed by atoms with Gasteiger partial charge in [0.25, 0.3) is 0 Å². The van der Waals surface area contributed by atoms with Crippen LogP contribution in [-0.4, -0.2) is 24.0 Å². The number of rotatable bonds is 3. The van der Waals surface area contributed by atoms with E-state index in [0.717, 1.165) is 18.4 Å². The van der Waals surface area contributed by atoms with Gasteiger partial charge in [0.2, 0.25) is 0 Å². The summed E-state index contributed by atoms with van der Waals surface area (Å²) < 4.78 is 0. The predicted octanol–water partition coefficient (Wildman–Crippen LogP) is 3.51. The van der Waals surface area contributed by atoms with Gasteiger partial charge in [-0.2, -0.15) is 0 Å². The molecule has 2 atom stereocenters. The first-order valence-electron chi connectivity index (χ1n) is 8.26. The molecule has 2 heteroatoms. The first-order valence-corrected chi connectivity index (χ1v) is 8.26. The first-order chi connectivity index (χ1) is 9.70. The summed E-state index contributed by atoms with van der Waals surface area (Å²) in [5.41, 5.74) is 9.33. The van der Waals surface area contributed by atoms with Crippen molar-refractivity contribution in [2.75, 3.05) is 7.05 Å². The van der Waals surface area contributed by atoms with Crippen LogP contribution in [0.2, 0.25) is 0 Å². The van der Waals surface area contributed by atoms with Crippen LogP contribution in [-0.2, 0) is 6.42 Å². The Morgan fingerprint density at radius 3 is 2.50 bits per heavy atom. The van der Waals surface area contributed by atoms with E-state index in [1.54, 1.807) is 0 Å². The minimum atomic E-state index is 0.195. The lowest BCUT2D eigenvalue weighted by Crippen LogP contribution is -2.46. The van der Waals surface area contributed by atoms with Crippen LogP contribution in [0, 0.1) is 5.92 Å². The molecule has 0 heterocycles. The fourth-order valence-electron chi connectivity index (χ4n) is 4.23. The van der Waals surface area contributed by atoms with Crippen LogP contribution in [0.25, 0.3) is 0 Å². The Kier molecular flexibility index (Phi) is 4.13. The molecule has 0 aliphatic heterocycles. The SMILES string of the molecule is CCC1CCC(N(C)C2Cc3ccccc3C2N)CC1. The zero-order chi connectivity index (χ0) is 14.1. The predicted molar refractivity (Wildman–Crippen MR) is 84.7 cm³/mol. The molecule has 2 unspecified atom stereocenters. The smallest absolute Gasteiger partial charge is 0.0459 e. The number of likely N-dealkylation sites (N-methyl/N-ethyl adjacent to an activating group) is 1. The van der Waals surface area contributed by atoms with Gasteiger partial charge in [0, 0.05) is 18.1 Å². The number of fused-ring (bicyclic) bond motifs is 1. The van der Waals surface area contributed by atoms with Crippen molar-refractivity contribution in [3.8, 4) is 0 Å². The van der Waals surface area contributed by atoms with Crippen molar-refractivity contribution in [2.24, 2.45) is 11.7 Å². The average molecular weight is 272 g/mol. The third-order valence-electron chi connectivity index (χ3n) is 5.75. The summed E-state index contributed by atoms with van der Waals surface area (Å²) in [5.74, 6) is 0.967. The largest absolute Gasteiger partial charge is 0.323 e. The maximum Gasteiger partial charge on any atom is 0.0459 e. The molecule has 0 aromatic heterocycles. The fourth-order valence-corrected chi connectivity index (χ4v) is 4.23. The molecule has 0 spiro atoms. The highest BCUT2D eigenvalue weighted by Gasteiger charge is 2.35. The molecule has 2 aliphatic carbocycles. The van der Waals surface area contributed by atoms with E-state index < -0.39 is 0 Å². The van der Waals surface area contributed by atoms with E-state index in [1.165, 1.54) is 43.2 Å². The van der Waals surface area contributed by atoms with Crippen LogP contribution in [0.3, 0.4) is 0 Å². The molecule has 3 rings (SSSR count). The maximum absolute atomic E-state index is 6.51. The van der Waals surface area contributed by atoms with Crippen LogP contribution >= 0.6 is 0 Å². The Balaban J connectivity index is 1.66. The van der Waals surface area contributed by atoms with Gasteiger partial charge in [-0.15, -0.1) is 0 Å². The van der Waals surface area contributed by atoms with Gasteiger partial charge in [0.1, 0.15) is 0 Å². The molecular formula is C18H28N2. The van der Waals surface area contributed by atoms with E-state index in [-0.39, 0.29) is 6.04 Å². The molecule has 0 radical (unpaired) electrons. The highest BCUT2D eigenvalue weighted by atomic mass is 15.2. The lowest BCUT2D eigenvalue weighted by Gasteiger charge is -2.39. The van der Waals surface area contributed by atoms with Gasteiger partial charge >= 0.3 is 0 Å². The molecule has 1 fully saturated rings. The van der Waals surface area contributed by atoms with Crippen molar-refractivity contribution >= 4 is 0 Å². The van der Waals surface area contributed by atoms with Crippen LogP contribution in [0.4, 0.5) is 0 Å². The Labute approximate surface area is 123 Å². The second kappa shape index (κ2) is 5.87. The third kappa shape index (κ3) is 2.51. The maximum atomic E-state index is 6.51. The fraction of sp³-hybridized carbons (Fsp3) is 0.667. The number of benzene rings is 1. The van der Waals surface area contributed by atoms with Crippen LogP contribution in [0.15, 0.2) is 24.3 Å². The average Bonchev–Trinajstić information content (AvgIpc) is 2.84. The molecule has 1 saturated carbocycles. The second-order valence-corrected chi connectivity index (χ2v) is 6.74. The Morgan fingerprint density at radius 2 is 1.85 bits per heavy atom. The summed E-state index contributed by atoms with van der Waals surface area (Å²) in [4.78, 5) is 2.59. The summed E-state index contributed by atoms with van der Waals surface area (Å²) in [5, 5.41) is 0. The lowest BCUT2D eigenvalue weighted by molar-refractivity contribution is 0.110. The highest BCUT2D eigenvalue weighted by molar-refractivity contribution is 5.36. The molecule has 0 bridgehead atoms. The van der Waals surface area contributed by atoms with Gasteiger partial charge in [-0.1, -0.05) is 37.6 Å². The van der Waals surface area contributed by atoms with Gasteiger partial charge in [-0.3, -0.25) is 4.90 Å². The quantitative estimate of drug-likeness (QED) is 0.912. The summed E-state index contributed by atoms with van der Waals surface area (Å²) in [6.07, 6.45) is 8.00. The van der Waals surface area contributed by atoms with Crippen molar-refractivity contribution < 1.29 is 0 Å². The standard InChI is InChI=1S/C18H28N2/c1-3-13-8-10-15(11-9-13)20(2)17-12-14-6-4-5-7-16(14)18(17)19/h4-7,13,15,17-18H,3,8-12,19H2,1-2H3. The molecule has 110 valence electrons.